The summed E-state index contributed by atoms with van der Waals surface area (Å²) in [5.41, 5.74) is 0.440. The number of carbonyl (C=O) groups is 2. The molecule has 3 rings (SSSR count). The van der Waals surface area contributed by atoms with Crippen molar-refractivity contribution in [2.45, 2.75) is 43.9 Å². The predicted octanol–water partition coefficient (Wildman–Crippen LogP) is 1.50. The van der Waals surface area contributed by atoms with Gasteiger partial charge in [-0.05, 0) is 43.9 Å². The first-order valence-electron chi connectivity index (χ1n) is 8.65. The number of aliphatic hydroxyl groups is 1. The van der Waals surface area contributed by atoms with Crippen molar-refractivity contribution in [2.75, 3.05) is 13.2 Å². The van der Waals surface area contributed by atoms with E-state index in [2.05, 4.69) is 10.6 Å². The van der Waals surface area contributed by atoms with Crippen molar-refractivity contribution in [3.63, 3.8) is 0 Å². The molecule has 25 heavy (non-hydrogen) atoms. The van der Waals surface area contributed by atoms with Gasteiger partial charge in [-0.3, -0.25) is 9.59 Å². The molecule has 1 aromatic carbocycles. The van der Waals surface area contributed by atoms with E-state index in [0.29, 0.717) is 36.6 Å². The molecule has 1 aliphatic heterocycles. The van der Waals surface area contributed by atoms with Crippen LogP contribution in [-0.4, -0.2) is 48.3 Å². The molecule has 0 spiro atoms. The standard InChI is InChI=1S/C18H23ClN2O4/c19-13-3-1-2-11(8-13)17(23)21-15-9-12(10-16(15)22)18(24)20-14-4-6-25-7-5-14/h1-3,8,12,14-16,22H,4-7,9-10H2,(H,20,24)(H,21,23)/t12-,15-,16-/m0/s1. The lowest BCUT2D eigenvalue weighted by atomic mass is 10.0. The van der Waals surface area contributed by atoms with Crippen LogP contribution in [0.5, 0.6) is 0 Å². The van der Waals surface area contributed by atoms with Crippen molar-refractivity contribution in [2.24, 2.45) is 5.92 Å². The average molecular weight is 367 g/mol. The highest BCUT2D eigenvalue weighted by atomic mass is 35.5. The molecule has 0 radical (unpaired) electrons. The topological polar surface area (TPSA) is 87.7 Å². The van der Waals surface area contributed by atoms with Gasteiger partial charge in [-0.15, -0.1) is 0 Å². The van der Waals surface area contributed by atoms with Crippen molar-refractivity contribution in [3.05, 3.63) is 34.9 Å². The van der Waals surface area contributed by atoms with E-state index in [9.17, 15) is 14.7 Å². The van der Waals surface area contributed by atoms with Gasteiger partial charge in [-0.25, -0.2) is 0 Å². The van der Waals surface area contributed by atoms with Crippen LogP contribution in [0.4, 0.5) is 0 Å². The quantitative estimate of drug-likeness (QED) is 0.753. The van der Waals surface area contributed by atoms with E-state index in [1.165, 1.54) is 0 Å². The van der Waals surface area contributed by atoms with Crippen molar-refractivity contribution in [3.8, 4) is 0 Å². The summed E-state index contributed by atoms with van der Waals surface area (Å²) in [5, 5.41) is 16.6. The highest BCUT2D eigenvalue weighted by Crippen LogP contribution is 2.27. The molecule has 2 aliphatic rings. The molecule has 2 amide bonds. The molecule has 1 aliphatic carbocycles. The molecule has 1 saturated heterocycles. The SMILES string of the molecule is O=C(N[C@H]1C[C@H](C(=O)NC2CCOCC2)C[C@@H]1O)c1cccc(Cl)c1. The Bertz CT molecular complexity index is 633. The number of hydrogen-bond acceptors (Lipinski definition) is 4. The fourth-order valence-corrected chi connectivity index (χ4v) is 3.62. The second-order valence-electron chi connectivity index (χ2n) is 6.72. The first-order chi connectivity index (χ1) is 12.0. The number of hydrogen-bond donors (Lipinski definition) is 3. The van der Waals surface area contributed by atoms with Crippen LogP contribution in [0.1, 0.15) is 36.0 Å². The number of rotatable bonds is 4. The first-order valence-corrected chi connectivity index (χ1v) is 9.03. The van der Waals surface area contributed by atoms with E-state index < -0.39 is 12.1 Å². The van der Waals surface area contributed by atoms with Gasteiger partial charge in [0.1, 0.15) is 0 Å². The maximum atomic E-state index is 12.4. The number of amides is 2. The van der Waals surface area contributed by atoms with Gasteiger partial charge in [0.25, 0.3) is 5.91 Å². The Labute approximate surface area is 151 Å². The van der Waals surface area contributed by atoms with Crippen LogP contribution in [-0.2, 0) is 9.53 Å². The molecule has 1 aromatic rings. The average Bonchev–Trinajstić information content (AvgIpc) is 2.96. The van der Waals surface area contributed by atoms with Crippen LogP contribution in [0.25, 0.3) is 0 Å². The number of ether oxygens (including phenoxy) is 1. The third-order valence-corrected chi connectivity index (χ3v) is 5.11. The first kappa shape index (κ1) is 18.2. The zero-order chi connectivity index (χ0) is 17.8. The summed E-state index contributed by atoms with van der Waals surface area (Å²) >= 11 is 5.90. The lowest BCUT2D eigenvalue weighted by Crippen LogP contribution is -2.42. The van der Waals surface area contributed by atoms with E-state index in [-0.39, 0.29) is 23.8 Å². The maximum Gasteiger partial charge on any atom is 0.251 e. The van der Waals surface area contributed by atoms with Gasteiger partial charge in [0.15, 0.2) is 0 Å². The Morgan fingerprint density at radius 3 is 2.64 bits per heavy atom. The highest BCUT2D eigenvalue weighted by Gasteiger charge is 2.38. The Balaban J connectivity index is 1.53. The van der Waals surface area contributed by atoms with Crippen LogP contribution < -0.4 is 10.6 Å². The molecule has 136 valence electrons. The summed E-state index contributed by atoms with van der Waals surface area (Å²) in [5.74, 6) is -0.634. The molecule has 6 nitrogen and oxygen atoms in total. The number of benzene rings is 1. The Hall–Kier alpha value is -1.63. The molecule has 1 saturated carbocycles. The van der Waals surface area contributed by atoms with E-state index >= 15 is 0 Å². The number of halogens is 1. The van der Waals surface area contributed by atoms with Crippen molar-refractivity contribution in [1.82, 2.24) is 10.6 Å². The zero-order valence-corrected chi connectivity index (χ0v) is 14.7. The maximum absolute atomic E-state index is 12.4. The summed E-state index contributed by atoms with van der Waals surface area (Å²) in [6.07, 6.45) is 1.69. The third kappa shape index (κ3) is 4.71. The molecule has 0 bridgehead atoms. The monoisotopic (exact) mass is 366 g/mol. The minimum absolute atomic E-state index is 0.0505. The predicted molar refractivity (Wildman–Crippen MR) is 93.4 cm³/mol. The lowest BCUT2D eigenvalue weighted by molar-refractivity contribution is -0.126. The Morgan fingerprint density at radius 2 is 1.92 bits per heavy atom. The Morgan fingerprint density at radius 1 is 1.16 bits per heavy atom. The van der Waals surface area contributed by atoms with Gasteiger partial charge < -0.3 is 20.5 Å². The third-order valence-electron chi connectivity index (χ3n) is 4.87. The normalized spacial score (nSPS) is 27.0. The van der Waals surface area contributed by atoms with Crippen molar-refractivity contribution in [1.29, 1.82) is 0 Å². The molecule has 1 heterocycles. The molecular weight excluding hydrogens is 344 g/mol. The minimum atomic E-state index is -0.728. The number of carbonyl (C=O) groups excluding carboxylic acids is 2. The smallest absolute Gasteiger partial charge is 0.251 e. The van der Waals surface area contributed by atoms with Gasteiger partial charge in [0, 0.05) is 35.8 Å². The highest BCUT2D eigenvalue weighted by molar-refractivity contribution is 6.30. The van der Waals surface area contributed by atoms with E-state index in [1.807, 2.05) is 0 Å². The van der Waals surface area contributed by atoms with Crippen LogP contribution in [0.15, 0.2) is 24.3 Å². The molecule has 0 aromatic heterocycles. The van der Waals surface area contributed by atoms with Crippen LogP contribution in [0.3, 0.4) is 0 Å². The van der Waals surface area contributed by atoms with Crippen molar-refractivity contribution >= 4 is 23.4 Å². The van der Waals surface area contributed by atoms with Gasteiger partial charge in [0.05, 0.1) is 12.1 Å². The summed E-state index contributed by atoms with van der Waals surface area (Å²) in [4.78, 5) is 24.7. The second-order valence-corrected chi connectivity index (χ2v) is 7.16. The zero-order valence-electron chi connectivity index (χ0n) is 13.9. The van der Waals surface area contributed by atoms with E-state index in [0.717, 1.165) is 12.8 Å². The molecule has 2 fully saturated rings. The summed E-state index contributed by atoms with van der Waals surface area (Å²) < 4.78 is 5.29. The molecule has 3 atom stereocenters. The van der Waals surface area contributed by atoms with Crippen LogP contribution in [0, 0.1) is 5.92 Å². The van der Waals surface area contributed by atoms with E-state index in [1.54, 1.807) is 24.3 Å². The van der Waals surface area contributed by atoms with E-state index in [4.69, 9.17) is 16.3 Å². The van der Waals surface area contributed by atoms with Gasteiger partial charge >= 0.3 is 0 Å². The van der Waals surface area contributed by atoms with Gasteiger partial charge in [-0.2, -0.15) is 0 Å². The molecule has 3 N–H and O–H groups in total. The van der Waals surface area contributed by atoms with Crippen LogP contribution in [0.2, 0.25) is 5.02 Å². The van der Waals surface area contributed by atoms with Gasteiger partial charge in [-0.1, -0.05) is 17.7 Å². The summed E-state index contributed by atoms with van der Waals surface area (Å²) in [6.45, 7) is 1.33. The fraction of sp³-hybridized carbons (Fsp3) is 0.556. The van der Waals surface area contributed by atoms with Crippen molar-refractivity contribution < 1.29 is 19.4 Å². The molecule has 0 unspecified atom stereocenters. The fourth-order valence-electron chi connectivity index (χ4n) is 3.43. The van der Waals surface area contributed by atoms with Crippen LogP contribution >= 0.6 is 11.6 Å². The number of aliphatic hydroxyl groups excluding tert-OH is 1. The second kappa shape index (κ2) is 8.17. The van der Waals surface area contributed by atoms with Gasteiger partial charge in [0.2, 0.25) is 5.91 Å². The Kier molecular flexibility index (Phi) is 5.93. The minimum Gasteiger partial charge on any atom is -0.391 e. The number of nitrogens with one attached hydrogen (secondary N) is 2. The largest absolute Gasteiger partial charge is 0.391 e. The molecule has 7 heteroatoms. The molecular formula is C18H23ClN2O4. The lowest BCUT2D eigenvalue weighted by Gasteiger charge is -2.24. The summed E-state index contributed by atoms with van der Waals surface area (Å²) in [6, 6.07) is 6.34. The summed E-state index contributed by atoms with van der Waals surface area (Å²) in [7, 11) is 0.